The van der Waals surface area contributed by atoms with E-state index in [0.717, 1.165) is 0 Å². The second-order valence-corrected chi connectivity index (χ2v) is 4.94. The van der Waals surface area contributed by atoms with Crippen molar-refractivity contribution in [1.29, 1.82) is 0 Å². The maximum Gasteiger partial charge on any atom is 0.249 e. The number of carbonyl (C=O) groups is 1. The molecule has 22 heavy (non-hydrogen) atoms. The summed E-state index contributed by atoms with van der Waals surface area (Å²) in [6.07, 6.45) is 0. The minimum atomic E-state index is -0.624. The highest BCUT2D eigenvalue weighted by atomic mass is 35.5. The number of benzene rings is 1. The predicted molar refractivity (Wildman–Crippen MR) is 81.9 cm³/mol. The van der Waals surface area contributed by atoms with Crippen molar-refractivity contribution in [3.05, 3.63) is 35.5 Å². The van der Waals surface area contributed by atoms with Gasteiger partial charge in [-0.3, -0.25) is 4.79 Å². The van der Waals surface area contributed by atoms with E-state index in [9.17, 15) is 9.18 Å². The zero-order chi connectivity index (χ0) is 15.6. The Morgan fingerprint density at radius 2 is 2.09 bits per heavy atom. The molecule has 0 aliphatic carbocycles. The number of aromatic nitrogens is 2. The van der Waals surface area contributed by atoms with E-state index in [-0.39, 0.29) is 35.8 Å². The van der Waals surface area contributed by atoms with Crippen molar-refractivity contribution in [3.8, 4) is 11.4 Å². The molecule has 1 aromatic carbocycles. The summed E-state index contributed by atoms with van der Waals surface area (Å²) in [6.45, 7) is 4.95. The minimum absolute atomic E-state index is 0. The molecule has 0 radical (unpaired) electrons. The molecule has 8 heteroatoms. The molecule has 2 rings (SSSR count). The van der Waals surface area contributed by atoms with Gasteiger partial charge in [-0.1, -0.05) is 17.3 Å². The van der Waals surface area contributed by atoms with Crippen LogP contribution < -0.4 is 11.1 Å². The van der Waals surface area contributed by atoms with Crippen molar-refractivity contribution < 1.29 is 13.7 Å². The van der Waals surface area contributed by atoms with Gasteiger partial charge in [0.25, 0.3) is 0 Å². The number of nitrogens with one attached hydrogen (secondary N) is 1. The number of amides is 1. The third kappa shape index (κ3) is 4.02. The van der Waals surface area contributed by atoms with Crippen molar-refractivity contribution in [2.24, 2.45) is 5.73 Å². The van der Waals surface area contributed by atoms with E-state index in [2.05, 4.69) is 15.5 Å². The molecule has 2 aromatic rings. The van der Waals surface area contributed by atoms with E-state index in [1.807, 2.05) is 0 Å². The van der Waals surface area contributed by atoms with Gasteiger partial charge in [0.1, 0.15) is 11.9 Å². The molecule has 0 aliphatic rings. The lowest BCUT2D eigenvalue weighted by molar-refractivity contribution is -0.122. The lowest BCUT2D eigenvalue weighted by atomic mass is 10.1. The Balaban J connectivity index is 0.00000242. The summed E-state index contributed by atoms with van der Waals surface area (Å²) < 4.78 is 18.6. The molecule has 0 fully saturated rings. The summed E-state index contributed by atoms with van der Waals surface area (Å²) in [5.74, 6) is -0.147. The van der Waals surface area contributed by atoms with Gasteiger partial charge < -0.3 is 15.6 Å². The minimum Gasteiger partial charge on any atom is -0.343 e. The fourth-order valence-corrected chi connectivity index (χ4v) is 1.67. The van der Waals surface area contributed by atoms with Crippen LogP contribution in [0.25, 0.3) is 11.4 Å². The van der Waals surface area contributed by atoms with Crippen LogP contribution in [0, 0.1) is 12.7 Å². The third-order valence-corrected chi connectivity index (χ3v) is 3.01. The first kappa shape index (κ1) is 18.1. The number of nitrogens with two attached hydrogens (primary N) is 1. The Labute approximate surface area is 133 Å². The van der Waals surface area contributed by atoms with Crippen LogP contribution in [0.15, 0.2) is 22.7 Å². The highest BCUT2D eigenvalue weighted by molar-refractivity contribution is 5.85. The molecule has 0 aliphatic heterocycles. The van der Waals surface area contributed by atoms with E-state index in [0.29, 0.717) is 11.1 Å². The van der Waals surface area contributed by atoms with Gasteiger partial charge in [0.05, 0.1) is 6.04 Å². The number of hydrogen-bond donors (Lipinski definition) is 2. The monoisotopic (exact) mass is 328 g/mol. The van der Waals surface area contributed by atoms with Gasteiger partial charge in [0.15, 0.2) is 0 Å². The van der Waals surface area contributed by atoms with Gasteiger partial charge in [0.2, 0.25) is 17.6 Å². The Morgan fingerprint density at radius 1 is 1.41 bits per heavy atom. The van der Waals surface area contributed by atoms with Crippen molar-refractivity contribution in [3.63, 3.8) is 0 Å². The standard InChI is InChI=1S/C14H17FN4O2.ClH/c1-7-4-5-10(6-11(7)15)12-18-14(21-19-12)9(3)17-13(20)8(2)16;/h4-6,8-9H,16H2,1-3H3,(H,17,20);1H/t8-,9?;/m1./s1. The predicted octanol–water partition coefficient (Wildman–Crippen LogP) is 2.13. The van der Waals surface area contributed by atoms with Crippen LogP contribution in [0.1, 0.15) is 31.3 Å². The second kappa shape index (κ2) is 7.33. The summed E-state index contributed by atoms with van der Waals surface area (Å²) in [5.41, 5.74) is 6.52. The Morgan fingerprint density at radius 3 is 2.68 bits per heavy atom. The molecule has 0 saturated heterocycles. The van der Waals surface area contributed by atoms with Crippen molar-refractivity contribution in [2.75, 3.05) is 0 Å². The second-order valence-electron chi connectivity index (χ2n) is 4.94. The van der Waals surface area contributed by atoms with E-state index >= 15 is 0 Å². The van der Waals surface area contributed by atoms with Gasteiger partial charge in [-0.15, -0.1) is 12.4 Å². The molecular weight excluding hydrogens is 311 g/mol. The maximum atomic E-state index is 13.5. The average molecular weight is 329 g/mol. The number of carbonyl (C=O) groups excluding carboxylic acids is 1. The SMILES string of the molecule is Cc1ccc(-c2noc(C(C)NC(=O)[C@@H](C)N)n2)cc1F.Cl. The van der Waals surface area contributed by atoms with E-state index < -0.39 is 12.1 Å². The van der Waals surface area contributed by atoms with Crippen LogP contribution in [-0.4, -0.2) is 22.1 Å². The Hall–Kier alpha value is -1.99. The van der Waals surface area contributed by atoms with Crippen molar-refractivity contribution in [2.45, 2.75) is 32.9 Å². The average Bonchev–Trinajstić information content (AvgIpc) is 2.91. The number of nitrogens with zero attached hydrogens (tertiary/aromatic N) is 2. The van der Waals surface area contributed by atoms with Gasteiger partial charge in [-0.05, 0) is 32.4 Å². The number of rotatable bonds is 4. The van der Waals surface area contributed by atoms with Gasteiger partial charge in [-0.25, -0.2) is 4.39 Å². The maximum absolute atomic E-state index is 13.5. The molecule has 1 heterocycles. The zero-order valence-electron chi connectivity index (χ0n) is 12.5. The highest BCUT2D eigenvalue weighted by Crippen LogP contribution is 2.20. The molecule has 6 nitrogen and oxygen atoms in total. The van der Waals surface area contributed by atoms with E-state index in [1.54, 1.807) is 32.9 Å². The molecule has 120 valence electrons. The van der Waals surface area contributed by atoms with Gasteiger partial charge in [-0.2, -0.15) is 4.98 Å². The molecule has 1 aromatic heterocycles. The van der Waals surface area contributed by atoms with Crippen molar-refractivity contribution >= 4 is 18.3 Å². The molecule has 0 spiro atoms. The molecule has 1 amide bonds. The lowest BCUT2D eigenvalue weighted by Gasteiger charge is -2.11. The van der Waals surface area contributed by atoms with Crippen molar-refractivity contribution in [1.82, 2.24) is 15.5 Å². The first-order valence-corrected chi connectivity index (χ1v) is 6.54. The smallest absolute Gasteiger partial charge is 0.249 e. The number of hydrogen-bond acceptors (Lipinski definition) is 5. The van der Waals surface area contributed by atoms with Gasteiger partial charge >= 0.3 is 0 Å². The zero-order valence-corrected chi connectivity index (χ0v) is 13.3. The van der Waals surface area contributed by atoms with E-state index in [1.165, 1.54) is 6.07 Å². The first-order chi connectivity index (χ1) is 9.88. The summed E-state index contributed by atoms with van der Waals surface area (Å²) in [5, 5.41) is 6.44. The van der Waals surface area contributed by atoms with Crippen LogP contribution in [-0.2, 0) is 4.79 Å². The summed E-state index contributed by atoms with van der Waals surface area (Å²) in [4.78, 5) is 15.7. The van der Waals surface area contributed by atoms with Crippen LogP contribution >= 0.6 is 12.4 Å². The molecule has 3 N–H and O–H groups in total. The number of aryl methyl sites for hydroxylation is 1. The third-order valence-electron chi connectivity index (χ3n) is 3.01. The highest BCUT2D eigenvalue weighted by Gasteiger charge is 2.19. The Bertz CT molecular complexity index is 660. The normalized spacial score (nSPS) is 13.1. The largest absolute Gasteiger partial charge is 0.343 e. The summed E-state index contributed by atoms with van der Waals surface area (Å²) in [6, 6.07) is 3.59. The molecule has 0 bridgehead atoms. The summed E-state index contributed by atoms with van der Waals surface area (Å²) in [7, 11) is 0. The van der Waals surface area contributed by atoms with Crippen LogP contribution in [0.3, 0.4) is 0 Å². The quantitative estimate of drug-likeness (QED) is 0.896. The molecular formula is C14H18ClFN4O2. The van der Waals surface area contributed by atoms with Crippen LogP contribution in [0.4, 0.5) is 4.39 Å². The van der Waals surface area contributed by atoms with Crippen LogP contribution in [0.5, 0.6) is 0 Å². The summed E-state index contributed by atoms with van der Waals surface area (Å²) >= 11 is 0. The number of halogens is 2. The Kier molecular flexibility index (Phi) is 6.01. The lowest BCUT2D eigenvalue weighted by Crippen LogP contribution is -2.39. The molecule has 2 atom stereocenters. The molecule has 0 saturated carbocycles. The molecule has 1 unspecified atom stereocenters. The fraction of sp³-hybridized carbons (Fsp3) is 0.357. The topological polar surface area (TPSA) is 94.0 Å². The van der Waals surface area contributed by atoms with E-state index in [4.69, 9.17) is 10.3 Å². The fourth-order valence-electron chi connectivity index (χ4n) is 1.67. The first-order valence-electron chi connectivity index (χ1n) is 6.54. The van der Waals surface area contributed by atoms with Gasteiger partial charge in [0, 0.05) is 5.56 Å². The van der Waals surface area contributed by atoms with Crippen LogP contribution in [0.2, 0.25) is 0 Å².